The molecule has 2 heterocycles. The minimum absolute atomic E-state index is 0.0202. The van der Waals surface area contributed by atoms with Crippen LogP contribution in [0.25, 0.3) is 11.3 Å². The molecule has 1 aliphatic rings. The van der Waals surface area contributed by atoms with E-state index < -0.39 is 0 Å². The van der Waals surface area contributed by atoms with Crippen molar-refractivity contribution in [2.24, 2.45) is 0 Å². The second-order valence-electron chi connectivity index (χ2n) is 6.94. The molecule has 0 bridgehead atoms. The molecular weight excluding hydrogens is 358 g/mol. The van der Waals surface area contributed by atoms with Gasteiger partial charge in [0.1, 0.15) is 5.69 Å². The molecule has 1 saturated heterocycles. The fourth-order valence-corrected chi connectivity index (χ4v) is 3.13. The summed E-state index contributed by atoms with van der Waals surface area (Å²) in [4.78, 5) is 28.5. The Bertz CT molecular complexity index is 794. The number of nitrogens with zero attached hydrogens (tertiary/aromatic N) is 3. The van der Waals surface area contributed by atoms with Crippen LogP contribution < -0.4 is 5.32 Å². The topological polar surface area (TPSA) is 90.6 Å². The van der Waals surface area contributed by atoms with Crippen LogP contribution in [0.1, 0.15) is 16.1 Å². The number of aromatic nitrogens is 2. The SMILES string of the molecule is COCCNC(=O)CN1CCN(C(=O)c2cc(-c3ccc(C)cc3)n[nH]2)CC1. The van der Waals surface area contributed by atoms with E-state index in [4.69, 9.17) is 4.74 Å². The molecule has 150 valence electrons. The van der Waals surface area contributed by atoms with Gasteiger partial charge in [-0.1, -0.05) is 29.8 Å². The number of amides is 2. The molecule has 2 N–H and O–H groups in total. The monoisotopic (exact) mass is 385 g/mol. The molecule has 1 aromatic carbocycles. The van der Waals surface area contributed by atoms with Gasteiger partial charge in [0.05, 0.1) is 18.8 Å². The van der Waals surface area contributed by atoms with Gasteiger partial charge in [-0.2, -0.15) is 5.10 Å². The lowest BCUT2D eigenvalue weighted by Gasteiger charge is -2.34. The van der Waals surface area contributed by atoms with Gasteiger partial charge in [-0.15, -0.1) is 0 Å². The number of piperazine rings is 1. The standard InChI is InChI=1S/C20H27N5O3/c1-15-3-5-16(6-4-15)17-13-18(23-22-17)20(27)25-10-8-24(9-11-25)14-19(26)21-7-12-28-2/h3-6,13H,7-12,14H2,1-2H3,(H,21,26)(H,22,23). The van der Waals surface area contributed by atoms with Crippen LogP contribution in [0.4, 0.5) is 0 Å². The van der Waals surface area contributed by atoms with Crippen molar-refractivity contribution in [3.63, 3.8) is 0 Å². The Labute approximate surface area is 164 Å². The number of aromatic amines is 1. The average Bonchev–Trinajstić information content (AvgIpc) is 3.19. The molecule has 8 nitrogen and oxygen atoms in total. The lowest BCUT2D eigenvalue weighted by Crippen LogP contribution is -2.51. The van der Waals surface area contributed by atoms with Gasteiger partial charge in [0.25, 0.3) is 5.91 Å². The van der Waals surface area contributed by atoms with E-state index in [1.165, 1.54) is 5.56 Å². The van der Waals surface area contributed by atoms with Crippen LogP contribution in [0.3, 0.4) is 0 Å². The Hall–Kier alpha value is -2.71. The molecule has 8 heteroatoms. The summed E-state index contributed by atoms with van der Waals surface area (Å²) in [5, 5.41) is 9.95. The first-order valence-electron chi connectivity index (χ1n) is 9.46. The highest BCUT2D eigenvalue weighted by atomic mass is 16.5. The van der Waals surface area contributed by atoms with Crippen molar-refractivity contribution in [2.45, 2.75) is 6.92 Å². The first-order chi connectivity index (χ1) is 13.6. The Morgan fingerprint density at radius 3 is 2.57 bits per heavy atom. The number of carbonyl (C=O) groups excluding carboxylic acids is 2. The number of H-pyrrole nitrogens is 1. The van der Waals surface area contributed by atoms with E-state index in [0.29, 0.717) is 51.6 Å². The van der Waals surface area contributed by atoms with Crippen molar-refractivity contribution in [1.29, 1.82) is 0 Å². The Kier molecular flexibility index (Phi) is 6.78. The second kappa shape index (κ2) is 9.48. The quantitative estimate of drug-likeness (QED) is 0.692. The number of methoxy groups -OCH3 is 1. The van der Waals surface area contributed by atoms with E-state index in [0.717, 1.165) is 11.3 Å². The van der Waals surface area contributed by atoms with Crippen LogP contribution in [0, 0.1) is 6.92 Å². The highest BCUT2D eigenvalue weighted by Crippen LogP contribution is 2.19. The largest absolute Gasteiger partial charge is 0.383 e. The van der Waals surface area contributed by atoms with Gasteiger partial charge in [0.2, 0.25) is 5.91 Å². The summed E-state index contributed by atoms with van der Waals surface area (Å²) in [6.07, 6.45) is 0. The van der Waals surface area contributed by atoms with E-state index in [9.17, 15) is 9.59 Å². The molecule has 3 rings (SSSR count). The van der Waals surface area contributed by atoms with Gasteiger partial charge in [-0.25, -0.2) is 0 Å². The number of hydrogen-bond acceptors (Lipinski definition) is 5. The summed E-state index contributed by atoms with van der Waals surface area (Å²) < 4.78 is 4.92. The molecule has 0 spiro atoms. The summed E-state index contributed by atoms with van der Waals surface area (Å²) in [7, 11) is 1.60. The van der Waals surface area contributed by atoms with Crippen LogP contribution in [-0.2, 0) is 9.53 Å². The van der Waals surface area contributed by atoms with Gasteiger partial charge in [0, 0.05) is 45.4 Å². The zero-order valence-electron chi connectivity index (χ0n) is 16.4. The third-order valence-corrected chi connectivity index (χ3v) is 4.81. The maximum atomic E-state index is 12.7. The molecule has 28 heavy (non-hydrogen) atoms. The van der Waals surface area contributed by atoms with Crippen LogP contribution in [0.15, 0.2) is 30.3 Å². The molecule has 2 aromatic rings. The molecule has 0 saturated carbocycles. The molecule has 0 unspecified atom stereocenters. The van der Waals surface area contributed by atoms with Crippen LogP contribution in [0.2, 0.25) is 0 Å². The summed E-state index contributed by atoms with van der Waals surface area (Å²) >= 11 is 0. The van der Waals surface area contributed by atoms with Crippen molar-refractivity contribution < 1.29 is 14.3 Å². The van der Waals surface area contributed by atoms with Crippen LogP contribution >= 0.6 is 0 Å². The maximum absolute atomic E-state index is 12.7. The molecule has 1 fully saturated rings. The summed E-state index contributed by atoms with van der Waals surface area (Å²) in [6.45, 7) is 5.90. The number of ether oxygens (including phenoxy) is 1. The summed E-state index contributed by atoms with van der Waals surface area (Å²) in [5.41, 5.74) is 3.40. The van der Waals surface area contributed by atoms with Gasteiger partial charge >= 0.3 is 0 Å². The minimum atomic E-state index is -0.0601. The number of benzene rings is 1. The van der Waals surface area contributed by atoms with E-state index >= 15 is 0 Å². The number of nitrogens with one attached hydrogen (secondary N) is 2. The smallest absolute Gasteiger partial charge is 0.271 e. The molecular formula is C20H27N5O3. The van der Waals surface area contributed by atoms with E-state index in [2.05, 4.69) is 20.4 Å². The second-order valence-corrected chi connectivity index (χ2v) is 6.94. The Morgan fingerprint density at radius 2 is 1.89 bits per heavy atom. The van der Waals surface area contributed by atoms with Crippen molar-refractivity contribution in [1.82, 2.24) is 25.3 Å². The molecule has 0 aliphatic carbocycles. The number of aryl methyl sites for hydroxylation is 1. The van der Waals surface area contributed by atoms with Gasteiger partial charge in [-0.05, 0) is 13.0 Å². The summed E-state index contributed by atoms with van der Waals surface area (Å²) in [6, 6.07) is 9.83. The van der Waals surface area contributed by atoms with Crippen molar-refractivity contribution >= 4 is 11.8 Å². The Morgan fingerprint density at radius 1 is 1.18 bits per heavy atom. The molecule has 1 aromatic heterocycles. The fraction of sp³-hybridized carbons (Fsp3) is 0.450. The van der Waals surface area contributed by atoms with Crippen LogP contribution in [-0.4, -0.2) is 84.8 Å². The van der Waals surface area contributed by atoms with E-state index in [-0.39, 0.29) is 11.8 Å². The van der Waals surface area contributed by atoms with Crippen molar-refractivity contribution in [2.75, 3.05) is 53.0 Å². The normalized spacial score (nSPS) is 14.9. The first kappa shape index (κ1) is 20.0. The van der Waals surface area contributed by atoms with Gasteiger partial charge in [-0.3, -0.25) is 19.6 Å². The minimum Gasteiger partial charge on any atom is -0.383 e. The van der Waals surface area contributed by atoms with Gasteiger partial charge < -0.3 is 15.0 Å². The zero-order chi connectivity index (χ0) is 19.9. The summed E-state index contributed by atoms with van der Waals surface area (Å²) in [5.74, 6) is -0.0804. The molecule has 2 amide bonds. The maximum Gasteiger partial charge on any atom is 0.271 e. The van der Waals surface area contributed by atoms with Crippen LogP contribution in [0.5, 0.6) is 0 Å². The average molecular weight is 385 g/mol. The fourth-order valence-electron chi connectivity index (χ4n) is 3.13. The predicted molar refractivity (Wildman–Crippen MR) is 106 cm³/mol. The molecule has 1 aliphatic heterocycles. The molecule has 0 atom stereocenters. The number of hydrogen-bond donors (Lipinski definition) is 2. The highest BCUT2D eigenvalue weighted by Gasteiger charge is 2.24. The van der Waals surface area contributed by atoms with Gasteiger partial charge in [0.15, 0.2) is 0 Å². The number of rotatable bonds is 7. The van der Waals surface area contributed by atoms with E-state index in [1.807, 2.05) is 31.2 Å². The predicted octanol–water partition coefficient (Wildman–Crippen LogP) is 0.906. The highest BCUT2D eigenvalue weighted by molar-refractivity contribution is 5.93. The number of carbonyl (C=O) groups is 2. The lowest BCUT2D eigenvalue weighted by molar-refractivity contribution is -0.122. The third-order valence-electron chi connectivity index (χ3n) is 4.81. The molecule has 0 radical (unpaired) electrons. The lowest BCUT2D eigenvalue weighted by atomic mass is 10.1. The Balaban J connectivity index is 1.50. The van der Waals surface area contributed by atoms with E-state index in [1.54, 1.807) is 18.1 Å². The zero-order valence-corrected chi connectivity index (χ0v) is 16.4. The third kappa shape index (κ3) is 5.17. The van der Waals surface area contributed by atoms with Crippen molar-refractivity contribution in [3.8, 4) is 11.3 Å². The first-order valence-corrected chi connectivity index (χ1v) is 9.46. The van der Waals surface area contributed by atoms with Crippen molar-refractivity contribution in [3.05, 3.63) is 41.6 Å².